The van der Waals surface area contributed by atoms with Crippen molar-refractivity contribution in [3.05, 3.63) is 64.7 Å². The number of carbonyl (C=O) groups is 1. The van der Waals surface area contributed by atoms with Crippen molar-refractivity contribution in [2.24, 2.45) is 17.8 Å². The summed E-state index contributed by atoms with van der Waals surface area (Å²) >= 11 is 0. The van der Waals surface area contributed by atoms with Gasteiger partial charge in [-0.05, 0) is 98.9 Å². The largest absolute Gasteiger partial charge is 0.478 e. The van der Waals surface area contributed by atoms with Gasteiger partial charge in [-0.25, -0.2) is 4.79 Å². The standard InChI is InChI=1S/C29H32O5/c1-3-33-28(32-2)34-26-11-9-19(8-10-23-6-4-5-7-24(23)27(30)31)15-25(26)29-16-20-12-21(17-29)14-22(13-20)18-29/h4-7,9,11,15,20-22,28H,3,12-14,16-18H2,1-2H3,(H,30,31). The van der Waals surface area contributed by atoms with Crippen LogP contribution in [-0.4, -0.2) is 31.3 Å². The zero-order chi connectivity index (χ0) is 23.7. The van der Waals surface area contributed by atoms with Crippen molar-refractivity contribution in [2.75, 3.05) is 13.7 Å². The summed E-state index contributed by atoms with van der Waals surface area (Å²) in [6.07, 6.45) is 7.67. The lowest BCUT2D eigenvalue weighted by Crippen LogP contribution is -2.48. The molecule has 0 aromatic heterocycles. The highest BCUT2D eigenvalue weighted by Gasteiger charge is 2.52. The summed E-state index contributed by atoms with van der Waals surface area (Å²) in [5.41, 5.74) is 2.90. The first-order valence-corrected chi connectivity index (χ1v) is 12.3. The predicted octanol–water partition coefficient (Wildman–Crippen LogP) is 5.60. The Hall–Kier alpha value is -2.81. The SMILES string of the molecule is CCOC(OC)Oc1ccc(C#Cc2ccccc2C(=O)O)cc1C12CC3CC(CC(C3)C1)C2. The molecular weight excluding hydrogens is 428 g/mol. The first-order chi connectivity index (χ1) is 16.5. The molecule has 1 unspecified atom stereocenters. The summed E-state index contributed by atoms with van der Waals surface area (Å²) in [6, 6.07) is 12.9. The van der Waals surface area contributed by atoms with Gasteiger partial charge in [-0.15, -0.1) is 0 Å². The Kier molecular flexibility index (Phi) is 6.38. The predicted molar refractivity (Wildman–Crippen MR) is 129 cm³/mol. The lowest BCUT2D eigenvalue weighted by atomic mass is 9.48. The highest BCUT2D eigenvalue weighted by molar-refractivity contribution is 5.90. The topological polar surface area (TPSA) is 65.0 Å². The van der Waals surface area contributed by atoms with E-state index < -0.39 is 12.4 Å². The smallest absolute Gasteiger partial charge is 0.336 e. The lowest BCUT2D eigenvalue weighted by Gasteiger charge is -2.57. The summed E-state index contributed by atoms with van der Waals surface area (Å²) in [4.78, 5) is 11.6. The third-order valence-corrected chi connectivity index (χ3v) is 7.81. The van der Waals surface area contributed by atoms with Crippen LogP contribution < -0.4 is 4.74 Å². The highest BCUT2D eigenvalue weighted by atomic mass is 16.8. The van der Waals surface area contributed by atoms with Crippen molar-refractivity contribution in [1.82, 2.24) is 0 Å². The number of benzene rings is 2. The van der Waals surface area contributed by atoms with Crippen LogP contribution in [0.1, 0.15) is 72.5 Å². The Morgan fingerprint density at radius 3 is 2.35 bits per heavy atom. The van der Waals surface area contributed by atoms with E-state index in [4.69, 9.17) is 14.2 Å². The van der Waals surface area contributed by atoms with Gasteiger partial charge in [-0.1, -0.05) is 24.0 Å². The second kappa shape index (κ2) is 9.44. The Morgan fingerprint density at radius 2 is 1.74 bits per heavy atom. The average Bonchev–Trinajstić information content (AvgIpc) is 2.82. The third-order valence-electron chi connectivity index (χ3n) is 7.81. The average molecular weight is 461 g/mol. The van der Waals surface area contributed by atoms with Crippen LogP contribution in [0.15, 0.2) is 42.5 Å². The van der Waals surface area contributed by atoms with Crippen molar-refractivity contribution >= 4 is 5.97 Å². The fourth-order valence-electron chi connectivity index (χ4n) is 6.87. The van der Waals surface area contributed by atoms with Gasteiger partial charge in [0, 0.05) is 23.8 Å². The van der Waals surface area contributed by atoms with E-state index in [1.165, 1.54) is 44.1 Å². The van der Waals surface area contributed by atoms with Gasteiger partial charge >= 0.3 is 12.4 Å². The Bertz CT molecular complexity index is 1090. The van der Waals surface area contributed by atoms with Crippen molar-refractivity contribution in [1.29, 1.82) is 0 Å². The number of hydrogen-bond acceptors (Lipinski definition) is 4. The summed E-state index contributed by atoms with van der Waals surface area (Å²) < 4.78 is 17.2. The van der Waals surface area contributed by atoms with Crippen molar-refractivity contribution < 1.29 is 24.1 Å². The lowest BCUT2D eigenvalue weighted by molar-refractivity contribution is -0.231. The number of ether oxygens (including phenoxy) is 3. The normalized spacial score (nSPS) is 27.6. The van der Waals surface area contributed by atoms with Gasteiger partial charge in [0.2, 0.25) is 0 Å². The summed E-state index contributed by atoms with van der Waals surface area (Å²) in [5, 5.41) is 9.48. The van der Waals surface area contributed by atoms with Crippen molar-refractivity contribution in [3.63, 3.8) is 0 Å². The zero-order valence-corrected chi connectivity index (χ0v) is 19.9. The van der Waals surface area contributed by atoms with Crippen LogP contribution in [0.5, 0.6) is 5.75 Å². The first kappa shape index (κ1) is 23.0. The molecule has 6 rings (SSSR count). The molecule has 4 aliphatic carbocycles. The van der Waals surface area contributed by atoms with Crippen LogP contribution >= 0.6 is 0 Å². The molecule has 4 saturated carbocycles. The Labute approximate surface area is 201 Å². The van der Waals surface area contributed by atoms with E-state index in [-0.39, 0.29) is 11.0 Å². The summed E-state index contributed by atoms with van der Waals surface area (Å²) in [6.45, 7) is 1.66. The van der Waals surface area contributed by atoms with E-state index >= 15 is 0 Å². The van der Waals surface area contributed by atoms with Gasteiger partial charge in [-0.2, -0.15) is 0 Å². The highest BCUT2D eigenvalue weighted by Crippen LogP contribution is 2.62. The summed E-state index contributed by atoms with van der Waals surface area (Å²) in [5.74, 6) is 8.51. The molecule has 4 aliphatic rings. The van der Waals surface area contributed by atoms with Crippen LogP contribution in [-0.2, 0) is 14.9 Å². The number of rotatable bonds is 7. The van der Waals surface area contributed by atoms with Crippen LogP contribution in [0.3, 0.4) is 0 Å². The van der Waals surface area contributed by atoms with E-state index in [1.807, 2.05) is 25.1 Å². The molecule has 2 aromatic carbocycles. The maximum absolute atomic E-state index is 11.6. The van der Waals surface area contributed by atoms with Gasteiger partial charge in [0.1, 0.15) is 5.75 Å². The molecule has 0 spiro atoms. The molecule has 2 aromatic rings. The van der Waals surface area contributed by atoms with Gasteiger partial charge in [-0.3, -0.25) is 0 Å². The van der Waals surface area contributed by atoms with Crippen LogP contribution in [0.2, 0.25) is 0 Å². The molecular formula is C29H32O5. The maximum atomic E-state index is 11.6. The first-order valence-electron chi connectivity index (χ1n) is 12.3. The Balaban J connectivity index is 1.54. The van der Waals surface area contributed by atoms with Gasteiger partial charge in [0.05, 0.1) is 12.2 Å². The molecule has 5 heteroatoms. The molecule has 0 heterocycles. The third kappa shape index (κ3) is 4.45. The molecule has 1 atom stereocenters. The minimum absolute atomic E-state index is 0.102. The maximum Gasteiger partial charge on any atom is 0.336 e. The quantitative estimate of drug-likeness (QED) is 0.431. The van der Waals surface area contributed by atoms with Crippen LogP contribution in [0.25, 0.3) is 0 Å². The van der Waals surface area contributed by atoms with Gasteiger partial charge < -0.3 is 19.3 Å². The molecule has 0 saturated heterocycles. The zero-order valence-electron chi connectivity index (χ0n) is 19.9. The molecule has 4 fully saturated rings. The van der Waals surface area contributed by atoms with E-state index in [0.29, 0.717) is 12.2 Å². The minimum Gasteiger partial charge on any atom is -0.478 e. The van der Waals surface area contributed by atoms with Crippen LogP contribution in [0, 0.1) is 29.6 Å². The Morgan fingerprint density at radius 1 is 1.06 bits per heavy atom. The van der Waals surface area contributed by atoms with Crippen molar-refractivity contribution in [2.45, 2.75) is 57.3 Å². The second-order valence-corrected chi connectivity index (χ2v) is 10.1. The number of methoxy groups -OCH3 is 1. The van der Waals surface area contributed by atoms with E-state index in [1.54, 1.807) is 25.3 Å². The molecule has 5 nitrogen and oxygen atoms in total. The molecule has 1 N–H and O–H groups in total. The fraction of sp³-hybridized carbons (Fsp3) is 0.483. The van der Waals surface area contributed by atoms with Gasteiger partial charge in [0.15, 0.2) is 0 Å². The molecule has 34 heavy (non-hydrogen) atoms. The monoisotopic (exact) mass is 460 g/mol. The van der Waals surface area contributed by atoms with E-state index in [9.17, 15) is 9.90 Å². The molecule has 0 radical (unpaired) electrons. The van der Waals surface area contributed by atoms with E-state index in [2.05, 4.69) is 17.9 Å². The fourth-order valence-corrected chi connectivity index (χ4v) is 6.87. The second-order valence-electron chi connectivity index (χ2n) is 10.1. The number of hydrogen-bond donors (Lipinski definition) is 1. The number of aromatic carboxylic acids is 1. The van der Waals surface area contributed by atoms with E-state index in [0.717, 1.165) is 29.1 Å². The van der Waals surface area contributed by atoms with Crippen molar-refractivity contribution in [3.8, 4) is 17.6 Å². The molecule has 4 bridgehead atoms. The molecule has 0 aliphatic heterocycles. The molecule has 0 amide bonds. The number of carboxylic acid groups (broad SMARTS) is 1. The molecule has 178 valence electrons. The minimum atomic E-state index is -0.968. The number of carboxylic acids is 1. The van der Waals surface area contributed by atoms with Crippen LogP contribution in [0.4, 0.5) is 0 Å². The summed E-state index contributed by atoms with van der Waals surface area (Å²) in [7, 11) is 1.59. The van der Waals surface area contributed by atoms with Gasteiger partial charge in [0.25, 0.3) is 0 Å².